The van der Waals surface area contributed by atoms with Crippen molar-refractivity contribution in [1.29, 1.82) is 0 Å². The Hall–Kier alpha value is -1.88. The molecule has 1 aromatic carbocycles. The standard InChI is InChI=1S/C11H11NO4/c12-9-7-2-1-5(10(13)14)3-6(7)4-8(9)11(15)16/h1-3,8-9H,4,12H2,(H,13,14)(H,15,16)/t8-,9-/m0/s1. The molecule has 0 aromatic heterocycles. The Morgan fingerprint density at radius 3 is 2.56 bits per heavy atom. The second-order valence-electron chi connectivity index (χ2n) is 3.89. The van der Waals surface area contributed by atoms with Crippen LogP contribution in [-0.4, -0.2) is 22.2 Å². The normalized spacial score (nSPS) is 22.8. The zero-order valence-electron chi connectivity index (χ0n) is 8.38. The Labute approximate surface area is 91.5 Å². The van der Waals surface area contributed by atoms with Crippen LogP contribution in [-0.2, 0) is 11.2 Å². The highest BCUT2D eigenvalue weighted by molar-refractivity contribution is 5.88. The van der Waals surface area contributed by atoms with Gasteiger partial charge in [-0.1, -0.05) is 6.07 Å². The number of nitrogens with two attached hydrogens (primary N) is 1. The van der Waals surface area contributed by atoms with Crippen LogP contribution in [0.3, 0.4) is 0 Å². The summed E-state index contributed by atoms with van der Waals surface area (Å²) in [6.45, 7) is 0. The van der Waals surface area contributed by atoms with E-state index in [1.807, 2.05) is 0 Å². The number of aliphatic carboxylic acids is 1. The maximum absolute atomic E-state index is 10.9. The van der Waals surface area contributed by atoms with Crippen molar-refractivity contribution < 1.29 is 19.8 Å². The molecule has 4 N–H and O–H groups in total. The zero-order chi connectivity index (χ0) is 11.9. The lowest BCUT2D eigenvalue weighted by Crippen LogP contribution is -2.24. The molecule has 2 rings (SSSR count). The van der Waals surface area contributed by atoms with Gasteiger partial charge < -0.3 is 15.9 Å². The maximum atomic E-state index is 10.9. The van der Waals surface area contributed by atoms with Crippen molar-refractivity contribution in [3.63, 3.8) is 0 Å². The third-order valence-corrected chi connectivity index (χ3v) is 2.94. The summed E-state index contributed by atoms with van der Waals surface area (Å²) in [6.07, 6.45) is 0.299. The van der Waals surface area contributed by atoms with E-state index in [2.05, 4.69) is 0 Å². The SMILES string of the molecule is N[C@H]1c2ccc(C(=O)O)cc2C[C@@H]1C(=O)O. The van der Waals surface area contributed by atoms with Gasteiger partial charge in [-0.2, -0.15) is 0 Å². The van der Waals surface area contributed by atoms with Crippen molar-refractivity contribution in [2.45, 2.75) is 12.5 Å². The van der Waals surface area contributed by atoms with E-state index < -0.39 is 23.9 Å². The summed E-state index contributed by atoms with van der Waals surface area (Å²) in [6, 6.07) is 4.01. The Bertz CT molecular complexity index is 469. The molecule has 0 amide bonds. The summed E-state index contributed by atoms with van der Waals surface area (Å²) < 4.78 is 0. The first-order valence-corrected chi connectivity index (χ1v) is 4.85. The van der Waals surface area contributed by atoms with Crippen LogP contribution in [0.25, 0.3) is 0 Å². The van der Waals surface area contributed by atoms with E-state index >= 15 is 0 Å². The summed E-state index contributed by atoms with van der Waals surface area (Å²) in [5.74, 6) is -2.62. The molecule has 5 heteroatoms. The largest absolute Gasteiger partial charge is 0.481 e. The second-order valence-corrected chi connectivity index (χ2v) is 3.89. The third kappa shape index (κ3) is 1.55. The Morgan fingerprint density at radius 2 is 2.00 bits per heavy atom. The minimum atomic E-state index is -1.02. The summed E-state index contributed by atoms with van der Waals surface area (Å²) >= 11 is 0. The number of carboxylic acid groups (broad SMARTS) is 2. The van der Waals surface area contributed by atoms with Gasteiger partial charge in [0.2, 0.25) is 0 Å². The minimum absolute atomic E-state index is 0.164. The maximum Gasteiger partial charge on any atom is 0.335 e. The molecule has 0 aliphatic heterocycles. The zero-order valence-corrected chi connectivity index (χ0v) is 8.38. The summed E-state index contributed by atoms with van der Waals surface area (Å²) in [5, 5.41) is 17.7. The third-order valence-electron chi connectivity index (χ3n) is 2.94. The molecule has 0 fully saturated rings. The average Bonchev–Trinajstić information content (AvgIpc) is 2.55. The summed E-state index contributed by atoms with van der Waals surface area (Å²) in [5.41, 5.74) is 7.41. The molecule has 1 aromatic rings. The van der Waals surface area contributed by atoms with Gasteiger partial charge in [0.15, 0.2) is 0 Å². The molecule has 0 saturated heterocycles. The molecule has 1 aliphatic rings. The molecule has 16 heavy (non-hydrogen) atoms. The van der Waals surface area contributed by atoms with Crippen LogP contribution in [0.15, 0.2) is 18.2 Å². The average molecular weight is 221 g/mol. The number of rotatable bonds is 2. The molecule has 0 radical (unpaired) electrons. The van der Waals surface area contributed by atoms with E-state index in [4.69, 9.17) is 15.9 Å². The molecule has 0 unspecified atom stereocenters. The van der Waals surface area contributed by atoms with Gasteiger partial charge >= 0.3 is 11.9 Å². The van der Waals surface area contributed by atoms with Gasteiger partial charge in [-0.25, -0.2) is 4.79 Å². The molecular formula is C11H11NO4. The Kier molecular flexibility index (Phi) is 2.40. The van der Waals surface area contributed by atoms with Crippen molar-refractivity contribution in [1.82, 2.24) is 0 Å². The fraction of sp³-hybridized carbons (Fsp3) is 0.273. The molecule has 0 saturated carbocycles. The monoisotopic (exact) mass is 221 g/mol. The Morgan fingerprint density at radius 1 is 1.31 bits per heavy atom. The number of benzene rings is 1. The summed E-state index contributed by atoms with van der Waals surface area (Å²) in [4.78, 5) is 21.7. The predicted octanol–water partition coefficient (Wildman–Crippen LogP) is 0.641. The molecule has 84 valence electrons. The fourth-order valence-corrected chi connectivity index (χ4v) is 2.06. The van der Waals surface area contributed by atoms with Gasteiger partial charge in [-0.3, -0.25) is 4.79 Å². The number of carboxylic acids is 2. The molecular weight excluding hydrogens is 210 g/mol. The van der Waals surface area contributed by atoms with Crippen LogP contribution in [0, 0.1) is 5.92 Å². The topological polar surface area (TPSA) is 101 Å². The number of fused-ring (bicyclic) bond motifs is 1. The Balaban J connectivity index is 2.40. The quantitative estimate of drug-likeness (QED) is 0.680. The molecule has 0 spiro atoms. The van der Waals surface area contributed by atoms with Crippen LogP contribution in [0.2, 0.25) is 0 Å². The highest BCUT2D eigenvalue weighted by Crippen LogP contribution is 2.34. The first-order chi connectivity index (χ1) is 7.50. The van der Waals surface area contributed by atoms with Crippen molar-refractivity contribution in [3.8, 4) is 0 Å². The minimum Gasteiger partial charge on any atom is -0.481 e. The molecule has 5 nitrogen and oxygen atoms in total. The number of hydrogen-bond donors (Lipinski definition) is 3. The number of hydrogen-bond acceptors (Lipinski definition) is 3. The van der Waals surface area contributed by atoms with E-state index in [0.717, 1.165) is 11.1 Å². The van der Waals surface area contributed by atoms with Gasteiger partial charge in [0, 0.05) is 6.04 Å². The second kappa shape index (κ2) is 3.61. The van der Waals surface area contributed by atoms with Crippen LogP contribution in [0.1, 0.15) is 27.5 Å². The smallest absolute Gasteiger partial charge is 0.335 e. The highest BCUT2D eigenvalue weighted by atomic mass is 16.4. The van der Waals surface area contributed by atoms with Crippen molar-refractivity contribution in [2.75, 3.05) is 0 Å². The van der Waals surface area contributed by atoms with E-state index in [0.29, 0.717) is 6.42 Å². The van der Waals surface area contributed by atoms with Crippen molar-refractivity contribution in [2.24, 2.45) is 11.7 Å². The molecule has 0 bridgehead atoms. The summed E-state index contributed by atoms with van der Waals surface area (Å²) in [7, 11) is 0. The van der Waals surface area contributed by atoms with Gasteiger partial charge in [-0.15, -0.1) is 0 Å². The van der Waals surface area contributed by atoms with E-state index in [1.165, 1.54) is 12.1 Å². The first kappa shape index (κ1) is 10.6. The molecule has 0 heterocycles. The van der Waals surface area contributed by atoms with Gasteiger partial charge in [-0.05, 0) is 29.7 Å². The molecule has 1 aliphatic carbocycles. The lowest BCUT2D eigenvalue weighted by molar-refractivity contribution is -0.142. The van der Waals surface area contributed by atoms with Gasteiger partial charge in [0.25, 0.3) is 0 Å². The lowest BCUT2D eigenvalue weighted by atomic mass is 10.0. The number of carbonyl (C=O) groups is 2. The van der Waals surface area contributed by atoms with Gasteiger partial charge in [0.1, 0.15) is 0 Å². The fourth-order valence-electron chi connectivity index (χ4n) is 2.06. The highest BCUT2D eigenvalue weighted by Gasteiger charge is 2.35. The van der Waals surface area contributed by atoms with Gasteiger partial charge in [0.05, 0.1) is 11.5 Å². The van der Waals surface area contributed by atoms with Crippen LogP contribution >= 0.6 is 0 Å². The van der Waals surface area contributed by atoms with E-state index in [1.54, 1.807) is 6.07 Å². The van der Waals surface area contributed by atoms with Crippen LogP contribution < -0.4 is 5.73 Å². The van der Waals surface area contributed by atoms with E-state index in [9.17, 15) is 9.59 Å². The molecule has 2 atom stereocenters. The first-order valence-electron chi connectivity index (χ1n) is 4.85. The van der Waals surface area contributed by atoms with Crippen molar-refractivity contribution >= 4 is 11.9 Å². The van der Waals surface area contributed by atoms with E-state index in [-0.39, 0.29) is 5.56 Å². The van der Waals surface area contributed by atoms with Crippen molar-refractivity contribution in [3.05, 3.63) is 34.9 Å². The van der Waals surface area contributed by atoms with Crippen LogP contribution in [0.4, 0.5) is 0 Å². The predicted molar refractivity (Wildman–Crippen MR) is 55.2 cm³/mol. The van der Waals surface area contributed by atoms with Crippen LogP contribution in [0.5, 0.6) is 0 Å². The lowest BCUT2D eigenvalue weighted by Gasteiger charge is -2.10. The number of aromatic carboxylic acids is 1.